The number of benzene rings is 2. The first-order valence-electron chi connectivity index (χ1n) is 10.7. The van der Waals surface area contributed by atoms with E-state index in [-0.39, 0.29) is 10.8 Å². The number of nitrogens with zero attached hydrogens (tertiary/aromatic N) is 2. The summed E-state index contributed by atoms with van der Waals surface area (Å²) in [6.45, 7) is 10.2. The van der Waals surface area contributed by atoms with Gasteiger partial charge >= 0.3 is 0 Å². The van der Waals surface area contributed by atoms with Crippen LogP contribution in [-0.2, 0) is 24.0 Å². The van der Waals surface area contributed by atoms with Gasteiger partial charge in [-0.25, -0.2) is 8.51 Å². The zero-order valence-electron chi connectivity index (χ0n) is 18.0. The molecule has 0 N–H and O–H groups in total. The van der Waals surface area contributed by atoms with Crippen LogP contribution >= 0.6 is 0 Å². The van der Waals surface area contributed by atoms with Crippen LogP contribution in [0.5, 0.6) is 0 Å². The van der Waals surface area contributed by atoms with E-state index in [1.165, 1.54) is 27.7 Å². The third kappa shape index (κ3) is 3.80. The molecule has 0 radical (unpaired) electrons. The summed E-state index contributed by atoms with van der Waals surface area (Å²) in [4.78, 5) is 0. The predicted octanol–water partition coefficient (Wildman–Crippen LogP) is 5.85. The number of fused-ring (bicyclic) bond motifs is 3. The van der Waals surface area contributed by atoms with Gasteiger partial charge in [-0.15, -0.1) is 0 Å². The molecule has 0 amide bonds. The maximum atomic E-state index is 13.4. The van der Waals surface area contributed by atoms with Crippen molar-refractivity contribution in [1.29, 1.82) is 0 Å². The normalized spacial score (nSPS) is 18.7. The van der Waals surface area contributed by atoms with Crippen LogP contribution in [0.2, 0.25) is 0 Å². The zero-order valence-corrected chi connectivity index (χ0v) is 18.8. The van der Waals surface area contributed by atoms with Crippen LogP contribution in [0.4, 0.5) is 0 Å². The third-order valence-electron chi connectivity index (χ3n) is 5.85. The van der Waals surface area contributed by atoms with Crippen molar-refractivity contribution >= 4 is 21.9 Å². The summed E-state index contributed by atoms with van der Waals surface area (Å²) >= 11 is 0. The molecule has 1 unspecified atom stereocenters. The van der Waals surface area contributed by atoms with Gasteiger partial charge in [0.1, 0.15) is 11.0 Å². The van der Waals surface area contributed by atoms with Gasteiger partial charge in [0, 0.05) is 29.7 Å². The molecule has 0 spiro atoms. The Balaban J connectivity index is 1.89. The fourth-order valence-electron chi connectivity index (χ4n) is 4.59. The molecule has 4 heteroatoms. The lowest BCUT2D eigenvalue weighted by Gasteiger charge is -2.39. The molecule has 0 fully saturated rings. The van der Waals surface area contributed by atoms with Crippen molar-refractivity contribution in [3.05, 3.63) is 71.4 Å². The molecule has 2 atom stereocenters. The van der Waals surface area contributed by atoms with Gasteiger partial charge in [-0.1, -0.05) is 61.9 Å². The van der Waals surface area contributed by atoms with Gasteiger partial charge in [0.15, 0.2) is 0 Å². The van der Waals surface area contributed by atoms with Crippen LogP contribution in [-0.4, -0.2) is 24.4 Å². The second-order valence-electron chi connectivity index (χ2n) is 9.01. The van der Waals surface area contributed by atoms with Crippen LogP contribution in [0.15, 0.2) is 54.6 Å². The highest BCUT2D eigenvalue weighted by Crippen LogP contribution is 2.41. The molecule has 154 valence electrons. The van der Waals surface area contributed by atoms with Gasteiger partial charge in [-0.05, 0) is 50.8 Å². The van der Waals surface area contributed by atoms with Crippen molar-refractivity contribution < 1.29 is 4.21 Å². The van der Waals surface area contributed by atoms with Gasteiger partial charge in [0.2, 0.25) is 0 Å². The van der Waals surface area contributed by atoms with E-state index in [0.717, 1.165) is 32.4 Å². The topological polar surface area (TPSA) is 25.2 Å². The standard InChI is InChI=1S/C25H32N2OS/c1-5-11-23-24-21(16-17-27(23)29(28)25(2,3)4)20-14-9-10-15-22(20)26(24)18-19-12-7-6-8-13-19/h6-10,12-15,23H,5,11,16-18H2,1-4H3/t23-,29?/m0/s1. The molecule has 0 bridgehead atoms. The van der Waals surface area contributed by atoms with Crippen molar-refractivity contribution in [3.63, 3.8) is 0 Å². The monoisotopic (exact) mass is 408 g/mol. The fourth-order valence-corrected chi connectivity index (χ4v) is 5.99. The Morgan fingerprint density at radius 2 is 1.72 bits per heavy atom. The molecule has 3 aromatic rings. The molecule has 0 saturated heterocycles. The lowest BCUT2D eigenvalue weighted by molar-refractivity contribution is 0.290. The van der Waals surface area contributed by atoms with Crippen molar-refractivity contribution in [2.75, 3.05) is 6.54 Å². The van der Waals surface area contributed by atoms with E-state index in [1.54, 1.807) is 0 Å². The van der Waals surface area contributed by atoms with Crippen LogP contribution in [0.3, 0.4) is 0 Å². The van der Waals surface area contributed by atoms with Crippen LogP contribution in [0, 0.1) is 0 Å². The van der Waals surface area contributed by atoms with Gasteiger partial charge in [-0.3, -0.25) is 0 Å². The molecule has 2 heterocycles. The summed E-state index contributed by atoms with van der Waals surface area (Å²) in [5, 5.41) is 1.36. The Bertz CT molecular complexity index is 1020. The van der Waals surface area contributed by atoms with E-state index >= 15 is 0 Å². The summed E-state index contributed by atoms with van der Waals surface area (Å²) < 4.78 is 17.9. The molecular weight excluding hydrogens is 376 g/mol. The van der Waals surface area contributed by atoms with Crippen molar-refractivity contribution in [2.24, 2.45) is 0 Å². The maximum Gasteiger partial charge on any atom is 0.100 e. The second kappa shape index (κ2) is 8.08. The average Bonchev–Trinajstić information content (AvgIpc) is 3.02. The minimum absolute atomic E-state index is 0.194. The molecular formula is C25H32N2OS. The molecule has 1 aliphatic heterocycles. The Morgan fingerprint density at radius 3 is 2.41 bits per heavy atom. The summed E-state index contributed by atoms with van der Waals surface area (Å²) in [6.07, 6.45) is 3.06. The maximum absolute atomic E-state index is 13.4. The van der Waals surface area contributed by atoms with E-state index in [0.29, 0.717) is 0 Å². The molecule has 0 saturated carbocycles. The Morgan fingerprint density at radius 1 is 1.03 bits per heavy atom. The summed E-state index contributed by atoms with van der Waals surface area (Å²) in [7, 11) is -1.02. The number of hydrogen-bond donors (Lipinski definition) is 0. The highest BCUT2D eigenvalue weighted by Gasteiger charge is 2.38. The molecule has 0 aliphatic carbocycles. The second-order valence-corrected chi connectivity index (χ2v) is 11.2. The predicted molar refractivity (Wildman–Crippen MR) is 123 cm³/mol. The first kappa shape index (κ1) is 20.4. The Labute approximate surface area is 177 Å². The largest absolute Gasteiger partial charge is 0.338 e. The van der Waals surface area contributed by atoms with E-state index in [1.807, 2.05) is 0 Å². The number of hydrogen-bond acceptors (Lipinski definition) is 1. The zero-order chi connectivity index (χ0) is 20.6. The number of para-hydroxylation sites is 1. The quantitative estimate of drug-likeness (QED) is 0.520. The van der Waals surface area contributed by atoms with Crippen molar-refractivity contribution in [1.82, 2.24) is 8.87 Å². The molecule has 1 aromatic heterocycles. The Hall–Kier alpha value is -1.91. The summed E-state index contributed by atoms with van der Waals surface area (Å²) in [6, 6.07) is 19.7. The van der Waals surface area contributed by atoms with E-state index in [9.17, 15) is 4.21 Å². The van der Waals surface area contributed by atoms with Gasteiger partial charge in [0.25, 0.3) is 0 Å². The minimum atomic E-state index is -1.02. The Kier molecular flexibility index (Phi) is 5.67. The molecule has 29 heavy (non-hydrogen) atoms. The summed E-state index contributed by atoms with van der Waals surface area (Å²) in [5.41, 5.74) is 5.43. The highest BCUT2D eigenvalue weighted by atomic mass is 32.2. The SMILES string of the molecule is CCC[C@H]1c2c(c3ccccc3n2Cc2ccccc2)CCN1S(=O)C(C)(C)C. The summed E-state index contributed by atoms with van der Waals surface area (Å²) in [5.74, 6) is 0. The van der Waals surface area contributed by atoms with Crippen LogP contribution < -0.4 is 0 Å². The fraction of sp³-hybridized carbons (Fsp3) is 0.440. The van der Waals surface area contributed by atoms with Crippen molar-refractivity contribution in [2.45, 2.75) is 64.3 Å². The van der Waals surface area contributed by atoms with Gasteiger partial charge in [0.05, 0.1) is 10.8 Å². The van der Waals surface area contributed by atoms with E-state index in [4.69, 9.17) is 0 Å². The van der Waals surface area contributed by atoms with E-state index in [2.05, 4.69) is 91.2 Å². The molecule has 2 aromatic carbocycles. The van der Waals surface area contributed by atoms with E-state index < -0.39 is 11.0 Å². The van der Waals surface area contributed by atoms with Crippen LogP contribution in [0.25, 0.3) is 10.9 Å². The smallest absolute Gasteiger partial charge is 0.100 e. The lowest BCUT2D eigenvalue weighted by atomic mass is 9.96. The highest BCUT2D eigenvalue weighted by molar-refractivity contribution is 7.84. The molecule has 3 nitrogen and oxygen atoms in total. The van der Waals surface area contributed by atoms with Gasteiger partial charge < -0.3 is 4.57 Å². The molecule has 1 aliphatic rings. The molecule has 4 rings (SSSR count). The van der Waals surface area contributed by atoms with Crippen LogP contribution in [0.1, 0.15) is 63.4 Å². The van der Waals surface area contributed by atoms with Crippen molar-refractivity contribution in [3.8, 4) is 0 Å². The van der Waals surface area contributed by atoms with Gasteiger partial charge in [-0.2, -0.15) is 0 Å². The minimum Gasteiger partial charge on any atom is -0.338 e. The number of rotatable bonds is 5. The lowest BCUT2D eigenvalue weighted by Crippen LogP contribution is -2.44. The first-order valence-corrected chi connectivity index (χ1v) is 11.8. The number of aromatic nitrogens is 1. The average molecular weight is 409 g/mol. The first-order chi connectivity index (χ1) is 13.9. The third-order valence-corrected chi connectivity index (χ3v) is 7.76.